The number of ether oxygens (including phenoxy) is 2. The van der Waals surface area contributed by atoms with Crippen LogP contribution in [0.4, 0.5) is 0 Å². The molecule has 0 N–H and O–H groups in total. The summed E-state index contributed by atoms with van der Waals surface area (Å²) in [5, 5.41) is 7.44. The second-order valence-corrected chi connectivity index (χ2v) is 9.62. The fourth-order valence-corrected chi connectivity index (χ4v) is 5.31. The normalized spacial score (nSPS) is 22.5. The molecule has 3 aliphatic heterocycles. The lowest BCUT2D eigenvalue weighted by Crippen LogP contribution is -2.59. The predicted octanol–water partition coefficient (Wildman–Crippen LogP) is 5.20. The molecule has 6 heteroatoms. The van der Waals surface area contributed by atoms with Crippen molar-refractivity contribution in [2.75, 3.05) is 20.2 Å². The maximum absolute atomic E-state index is 6.73. The van der Waals surface area contributed by atoms with E-state index in [0.717, 1.165) is 59.6 Å². The third-order valence-corrected chi connectivity index (χ3v) is 7.18. The Labute approximate surface area is 186 Å². The molecule has 2 aromatic carbocycles. The Kier molecular flexibility index (Phi) is 5.02. The summed E-state index contributed by atoms with van der Waals surface area (Å²) in [5.41, 5.74) is 3.11. The maximum Gasteiger partial charge on any atom is 0.200 e. The first-order valence-electron chi connectivity index (χ1n) is 10.7. The number of benzene rings is 2. The van der Waals surface area contributed by atoms with Gasteiger partial charge in [-0.15, -0.1) is 0 Å². The minimum Gasteiger partial charge on any atom is -0.497 e. The lowest BCUT2D eigenvalue weighted by Gasteiger charge is -2.51. The molecule has 2 aromatic rings. The summed E-state index contributed by atoms with van der Waals surface area (Å²) in [6, 6.07) is 15.4. The highest BCUT2D eigenvalue weighted by Crippen LogP contribution is 2.50. The van der Waals surface area contributed by atoms with Gasteiger partial charge in [0.1, 0.15) is 11.5 Å². The Morgan fingerprint density at radius 1 is 1.13 bits per heavy atom. The van der Waals surface area contributed by atoms with Crippen LogP contribution in [0, 0.1) is 0 Å². The van der Waals surface area contributed by atoms with Crippen molar-refractivity contribution in [3.8, 4) is 11.5 Å². The first-order valence-corrected chi connectivity index (χ1v) is 11.5. The fraction of sp³-hybridized carbons (Fsp3) is 0.458. The van der Waals surface area contributed by atoms with Crippen LogP contribution >= 0.6 is 15.9 Å². The molecule has 0 unspecified atom stereocenters. The average molecular weight is 470 g/mol. The minimum atomic E-state index is -0.370. The number of rotatable bonds is 3. The monoisotopic (exact) mass is 469 g/mol. The van der Waals surface area contributed by atoms with Crippen LogP contribution in [-0.4, -0.2) is 47.6 Å². The molecular formula is C24H28BrN3O2. The van der Waals surface area contributed by atoms with Crippen molar-refractivity contribution in [2.24, 2.45) is 5.10 Å². The number of piperidine rings is 1. The smallest absolute Gasteiger partial charge is 0.200 e. The van der Waals surface area contributed by atoms with Gasteiger partial charge in [-0.25, -0.2) is 5.01 Å². The van der Waals surface area contributed by atoms with Crippen LogP contribution in [0.15, 0.2) is 52.0 Å². The second kappa shape index (κ2) is 7.57. The molecule has 1 spiro atoms. The van der Waals surface area contributed by atoms with Gasteiger partial charge in [0.15, 0.2) is 0 Å². The van der Waals surface area contributed by atoms with E-state index in [1.165, 1.54) is 5.56 Å². The van der Waals surface area contributed by atoms with Crippen molar-refractivity contribution in [2.45, 2.75) is 50.9 Å². The van der Waals surface area contributed by atoms with E-state index >= 15 is 0 Å². The fourth-order valence-electron chi connectivity index (χ4n) is 4.93. The third-order valence-electron chi connectivity index (χ3n) is 6.69. The van der Waals surface area contributed by atoms with Crippen molar-refractivity contribution in [1.29, 1.82) is 0 Å². The largest absolute Gasteiger partial charge is 0.497 e. The van der Waals surface area contributed by atoms with Crippen molar-refractivity contribution >= 4 is 21.6 Å². The molecule has 0 amide bonds. The van der Waals surface area contributed by atoms with Gasteiger partial charge >= 0.3 is 0 Å². The highest BCUT2D eigenvalue weighted by molar-refractivity contribution is 9.10. The molecule has 0 bridgehead atoms. The number of methoxy groups -OCH3 is 1. The van der Waals surface area contributed by atoms with E-state index < -0.39 is 0 Å². The van der Waals surface area contributed by atoms with E-state index in [0.29, 0.717) is 6.04 Å². The summed E-state index contributed by atoms with van der Waals surface area (Å²) >= 11 is 3.64. The molecule has 30 heavy (non-hydrogen) atoms. The zero-order valence-corrected chi connectivity index (χ0v) is 19.4. The SMILES string of the molecule is COc1ccc(C2=NN3[C@H](C2)c2cc(Br)ccc2OC32CCN(C(C)C)CC2)cc1. The average Bonchev–Trinajstić information content (AvgIpc) is 3.22. The lowest BCUT2D eigenvalue weighted by atomic mass is 9.90. The van der Waals surface area contributed by atoms with E-state index in [1.54, 1.807) is 7.11 Å². The summed E-state index contributed by atoms with van der Waals surface area (Å²) < 4.78 is 13.1. The van der Waals surface area contributed by atoms with Crippen molar-refractivity contribution < 1.29 is 9.47 Å². The molecule has 0 radical (unpaired) electrons. The zero-order chi connectivity index (χ0) is 20.9. The molecule has 1 saturated heterocycles. The van der Waals surface area contributed by atoms with Crippen LogP contribution in [0.25, 0.3) is 0 Å². The number of hydrazone groups is 1. The van der Waals surface area contributed by atoms with Crippen LogP contribution in [0.1, 0.15) is 50.3 Å². The van der Waals surface area contributed by atoms with E-state index in [4.69, 9.17) is 14.6 Å². The lowest BCUT2D eigenvalue weighted by molar-refractivity contribution is -0.152. The van der Waals surface area contributed by atoms with E-state index in [9.17, 15) is 0 Å². The Morgan fingerprint density at radius 3 is 2.53 bits per heavy atom. The Morgan fingerprint density at radius 2 is 1.87 bits per heavy atom. The summed E-state index contributed by atoms with van der Waals surface area (Å²) in [4.78, 5) is 2.53. The molecule has 5 rings (SSSR count). The number of hydrogen-bond donors (Lipinski definition) is 0. The van der Waals surface area contributed by atoms with Crippen LogP contribution < -0.4 is 9.47 Å². The number of hydrogen-bond acceptors (Lipinski definition) is 5. The van der Waals surface area contributed by atoms with Gasteiger partial charge in [-0.3, -0.25) is 0 Å². The molecule has 158 valence electrons. The molecule has 3 aliphatic rings. The molecule has 1 fully saturated rings. The van der Waals surface area contributed by atoms with Gasteiger partial charge in [0.2, 0.25) is 5.72 Å². The Balaban J connectivity index is 1.52. The van der Waals surface area contributed by atoms with Gasteiger partial charge in [-0.1, -0.05) is 15.9 Å². The van der Waals surface area contributed by atoms with Gasteiger partial charge in [-0.05, 0) is 61.9 Å². The highest BCUT2D eigenvalue weighted by Gasteiger charge is 2.52. The van der Waals surface area contributed by atoms with Gasteiger partial charge in [0.05, 0.1) is 18.9 Å². The third kappa shape index (κ3) is 3.30. The van der Waals surface area contributed by atoms with Gasteiger partial charge in [-0.2, -0.15) is 5.10 Å². The number of nitrogens with zero attached hydrogens (tertiary/aromatic N) is 3. The highest BCUT2D eigenvalue weighted by atomic mass is 79.9. The number of likely N-dealkylation sites (tertiary alicyclic amines) is 1. The molecule has 0 saturated carbocycles. The quantitative estimate of drug-likeness (QED) is 0.618. The zero-order valence-electron chi connectivity index (χ0n) is 17.8. The van der Waals surface area contributed by atoms with Gasteiger partial charge in [0, 0.05) is 48.4 Å². The van der Waals surface area contributed by atoms with Crippen LogP contribution in [0.5, 0.6) is 11.5 Å². The summed E-state index contributed by atoms with van der Waals surface area (Å²) in [5.74, 6) is 1.87. The summed E-state index contributed by atoms with van der Waals surface area (Å²) in [7, 11) is 1.70. The molecular weight excluding hydrogens is 442 g/mol. The molecule has 5 nitrogen and oxygen atoms in total. The van der Waals surface area contributed by atoms with Crippen LogP contribution in [0.3, 0.4) is 0 Å². The summed E-state index contributed by atoms with van der Waals surface area (Å²) in [6.07, 6.45) is 2.79. The molecule has 0 aromatic heterocycles. The summed E-state index contributed by atoms with van der Waals surface area (Å²) in [6.45, 7) is 6.59. The van der Waals surface area contributed by atoms with Gasteiger partial charge in [0.25, 0.3) is 0 Å². The number of halogens is 1. The van der Waals surface area contributed by atoms with Crippen molar-refractivity contribution in [3.05, 3.63) is 58.1 Å². The van der Waals surface area contributed by atoms with E-state index in [-0.39, 0.29) is 11.8 Å². The predicted molar refractivity (Wildman–Crippen MR) is 122 cm³/mol. The van der Waals surface area contributed by atoms with Crippen LogP contribution in [-0.2, 0) is 0 Å². The maximum atomic E-state index is 6.73. The molecule has 1 atom stereocenters. The Bertz CT molecular complexity index is 965. The Hall–Kier alpha value is -2.05. The molecule has 3 heterocycles. The molecule has 0 aliphatic carbocycles. The minimum absolute atomic E-state index is 0.203. The van der Waals surface area contributed by atoms with Crippen molar-refractivity contribution in [1.82, 2.24) is 9.91 Å². The first-order chi connectivity index (χ1) is 14.5. The first kappa shape index (κ1) is 19.9. The van der Waals surface area contributed by atoms with Crippen molar-refractivity contribution in [3.63, 3.8) is 0 Å². The van der Waals surface area contributed by atoms with E-state index in [1.807, 2.05) is 12.1 Å². The van der Waals surface area contributed by atoms with E-state index in [2.05, 4.69) is 70.0 Å². The van der Waals surface area contributed by atoms with Gasteiger partial charge < -0.3 is 14.4 Å². The standard InChI is InChI=1S/C24H28BrN3O2/c1-16(2)27-12-10-24(11-13-27)28-22(20-14-18(25)6-9-23(20)30-24)15-21(26-28)17-4-7-19(29-3)8-5-17/h4-9,14,16,22H,10-13,15H2,1-3H3/t22-/m1/s1. The van der Waals surface area contributed by atoms with Crippen LogP contribution in [0.2, 0.25) is 0 Å². The topological polar surface area (TPSA) is 37.3 Å². The number of fused-ring (bicyclic) bond motifs is 4. The second-order valence-electron chi connectivity index (χ2n) is 8.70.